The molecule has 1 heterocycles. The highest BCUT2D eigenvalue weighted by atomic mass is 79.9. The fraction of sp³-hybridized carbons (Fsp3) is 0.857. The van der Waals surface area contributed by atoms with Crippen LogP contribution in [0.5, 0.6) is 0 Å². The first-order valence-electron chi connectivity index (χ1n) is 4.19. The van der Waals surface area contributed by atoms with Gasteiger partial charge in [-0.15, -0.1) is 0 Å². The summed E-state index contributed by atoms with van der Waals surface area (Å²) in [4.78, 5) is 2.56. The minimum absolute atomic E-state index is 0.524. The van der Waals surface area contributed by atoms with Crippen molar-refractivity contribution in [1.29, 1.82) is 0 Å². The Morgan fingerprint density at radius 1 is 1.62 bits per heavy atom. The first kappa shape index (κ1) is 10.4. The Morgan fingerprint density at radius 3 is 2.77 bits per heavy atom. The number of hydrogen-bond acceptors (Lipinski definition) is 4. The Bertz CT molecular complexity index is 259. The van der Waals surface area contributed by atoms with E-state index >= 15 is 0 Å². The van der Waals surface area contributed by atoms with Crippen molar-refractivity contribution >= 4 is 21.9 Å². The monoisotopic (exact) mass is 247 g/mol. The molecule has 0 N–H and O–H groups in total. The van der Waals surface area contributed by atoms with Gasteiger partial charge in [-0.05, 0) is 16.8 Å². The topological polar surface area (TPSA) is 46.8 Å². The highest BCUT2D eigenvalue weighted by Crippen LogP contribution is 2.08. The van der Waals surface area contributed by atoms with E-state index in [9.17, 15) is 0 Å². The van der Waals surface area contributed by atoms with Crippen LogP contribution in [0.2, 0.25) is 0 Å². The predicted molar refractivity (Wildman–Crippen MR) is 55.1 cm³/mol. The lowest BCUT2D eigenvalue weighted by molar-refractivity contribution is 0.687. The summed E-state index contributed by atoms with van der Waals surface area (Å²) >= 11 is 3.50. The molecule has 13 heavy (non-hydrogen) atoms. The van der Waals surface area contributed by atoms with Gasteiger partial charge in [0.25, 0.3) is 0 Å². The highest BCUT2D eigenvalue weighted by molar-refractivity contribution is 9.09. The average Bonchev–Trinajstić information content (AvgIpc) is 2.47. The van der Waals surface area contributed by atoms with Crippen molar-refractivity contribution in [3.8, 4) is 0 Å². The van der Waals surface area contributed by atoms with E-state index in [2.05, 4.69) is 38.4 Å². The second kappa shape index (κ2) is 4.55. The van der Waals surface area contributed by atoms with Gasteiger partial charge in [-0.3, -0.25) is 0 Å². The lowest BCUT2D eigenvalue weighted by Crippen LogP contribution is -2.23. The van der Waals surface area contributed by atoms with Gasteiger partial charge < -0.3 is 4.90 Å². The smallest absolute Gasteiger partial charge is 0.244 e. The largest absolute Gasteiger partial charge is 0.343 e. The van der Waals surface area contributed by atoms with E-state index in [0.717, 1.165) is 18.9 Å². The standard InChI is InChI=1S/C7H14BrN5/c1-6(8)4-5-12(2)7-9-10-11-13(7)3/h6H,4-5H2,1-3H3. The van der Waals surface area contributed by atoms with Crippen molar-refractivity contribution in [2.24, 2.45) is 7.05 Å². The molecule has 0 bridgehead atoms. The fourth-order valence-corrected chi connectivity index (χ4v) is 1.22. The summed E-state index contributed by atoms with van der Waals surface area (Å²) in [5.41, 5.74) is 0. The summed E-state index contributed by atoms with van der Waals surface area (Å²) in [5.74, 6) is 0.799. The Balaban J connectivity index is 2.49. The van der Waals surface area contributed by atoms with Crippen molar-refractivity contribution in [3.63, 3.8) is 0 Å². The molecule has 0 aromatic carbocycles. The van der Waals surface area contributed by atoms with Crippen LogP contribution in [0, 0.1) is 0 Å². The molecule has 0 aliphatic carbocycles. The maximum Gasteiger partial charge on any atom is 0.244 e. The molecule has 0 aliphatic heterocycles. The first-order valence-corrected chi connectivity index (χ1v) is 5.10. The Hall–Kier alpha value is -0.650. The zero-order valence-corrected chi connectivity index (χ0v) is 9.69. The molecule has 0 radical (unpaired) electrons. The van der Waals surface area contributed by atoms with E-state index < -0.39 is 0 Å². The number of anilines is 1. The lowest BCUT2D eigenvalue weighted by atomic mass is 10.3. The van der Waals surface area contributed by atoms with Gasteiger partial charge in [-0.25, -0.2) is 4.68 Å². The van der Waals surface area contributed by atoms with Gasteiger partial charge in [0.15, 0.2) is 0 Å². The summed E-state index contributed by atoms with van der Waals surface area (Å²) in [5, 5.41) is 11.3. The van der Waals surface area contributed by atoms with Gasteiger partial charge in [0, 0.05) is 25.5 Å². The number of alkyl halides is 1. The molecule has 1 aromatic heterocycles. The second-order valence-corrected chi connectivity index (χ2v) is 4.66. The number of tetrazole rings is 1. The minimum atomic E-state index is 0.524. The van der Waals surface area contributed by atoms with Crippen LogP contribution in [0.25, 0.3) is 0 Å². The van der Waals surface area contributed by atoms with E-state index in [0.29, 0.717) is 4.83 Å². The molecule has 0 saturated heterocycles. The molecule has 1 rings (SSSR count). The minimum Gasteiger partial charge on any atom is -0.343 e. The Kier molecular flexibility index (Phi) is 3.65. The van der Waals surface area contributed by atoms with Gasteiger partial charge in [-0.2, -0.15) is 0 Å². The molecule has 74 valence electrons. The molecule has 1 atom stereocenters. The highest BCUT2D eigenvalue weighted by Gasteiger charge is 2.08. The summed E-state index contributed by atoms with van der Waals surface area (Å²) in [6, 6.07) is 0. The van der Waals surface area contributed by atoms with Crippen LogP contribution < -0.4 is 4.90 Å². The van der Waals surface area contributed by atoms with Crippen molar-refractivity contribution in [2.45, 2.75) is 18.2 Å². The van der Waals surface area contributed by atoms with Crippen LogP contribution in [0.1, 0.15) is 13.3 Å². The fourth-order valence-electron chi connectivity index (χ4n) is 1.02. The number of aromatic nitrogens is 4. The van der Waals surface area contributed by atoms with Gasteiger partial charge in [0.2, 0.25) is 5.95 Å². The quantitative estimate of drug-likeness (QED) is 0.740. The third-order valence-corrected chi connectivity index (χ3v) is 2.26. The Morgan fingerprint density at radius 2 is 2.31 bits per heavy atom. The SMILES string of the molecule is CC(Br)CCN(C)c1nnnn1C. The van der Waals surface area contributed by atoms with E-state index in [1.54, 1.807) is 4.68 Å². The molecular formula is C7H14BrN5. The molecule has 0 amide bonds. The molecule has 6 heteroatoms. The summed E-state index contributed by atoms with van der Waals surface area (Å²) in [7, 11) is 3.82. The van der Waals surface area contributed by atoms with E-state index in [4.69, 9.17) is 0 Å². The normalized spacial score (nSPS) is 12.9. The summed E-state index contributed by atoms with van der Waals surface area (Å²) in [6.45, 7) is 3.07. The van der Waals surface area contributed by atoms with E-state index in [-0.39, 0.29) is 0 Å². The van der Waals surface area contributed by atoms with Crippen molar-refractivity contribution in [2.75, 3.05) is 18.5 Å². The molecule has 0 fully saturated rings. The lowest BCUT2D eigenvalue weighted by Gasteiger charge is -2.16. The molecule has 5 nitrogen and oxygen atoms in total. The van der Waals surface area contributed by atoms with Gasteiger partial charge in [-0.1, -0.05) is 28.0 Å². The molecule has 1 aromatic rings. The zero-order chi connectivity index (χ0) is 9.84. The van der Waals surface area contributed by atoms with Crippen LogP contribution in [0.3, 0.4) is 0 Å². The molecule has 0 spiro atoms. The molecule has 1 unspecified atom stereocenters. The predicted octanol–water partition coefficient (Wildman–Crippen LogP) is 0.820. The third kappa shape index (κ3) is 2.95. The average molecular weight is 248 g/mol. The number of nitrogens with zero attached hydrogens (tertiary/aromatic N) is 5. The number of halogens is 1. The van der Waals surface area contributed by atoms with Gasteiger partial charge >= 0.3 is 0 Å². The summed E-state index contributed by atoms with van der Waals surface area (Å²) in [6.07, 6.45) is 1.07. The molecular weight excluding hydrogens is 234 g/mol. The van der Waals surface area contributed by atoms with Crippen LogP contribution >= 0.6 is 15.9 Å². The molecule has 0 aliphatic rings. The van der Waals surface area contributed by atoms with Crippen molar-refractivity contribution in [3.05, 3.63) is 0 Å². The number of aryl methyl sites for hydroxylation is 1. The first-order chi connectivity index (χ1) is 6.11. The summed E-state index contributed by atoms with van der Waals surface area (Å²) < 4.78 is 1.67. The number of hydrogen-bond donors (Lipinski definition) is 0. The Labute approximate surface area is 86.2 Å². The van der Waals surface area contributed by atoms with E-state index in [1.165, 1.54) is 0 Å². The van der Waals surface area contributed by atoms with Crippen molar-refractivity contribution < 1.29 is 0 Å². The van der Waals surface area contributed by atoms with Crippen LogP contribution in [0.4, 0.5) is 5.95 Å². The van der Waals surface area contributed by atoms with E-state index in [1.807, 2.05) is 19.0 Å². The zero-order valence-electron chi connectivity index (χ0n) is 8.11. The maximum absolute atomic E-state index is 3.91. The second-order valence-electron chi connectivity index (χ2n) is 3.09. The maximum atomic E-state index is 3.91. The number of rotatable bonds is 4. The van der Waals surface area contributed by atoms with Crippen LogP contribution in [0.15, 0.2) is 0 Å². The third-order valence-electron chi connectivity index (χ3n) is 1.80. The molecule has 0 saturated carbocycles. The van der Waals surface area contributed by atoms with Gasteiger partial charge in [0.1, 0.15) is 0 Å². The van der Waals surface area contributed by atoms with Crippen molar-refractivity contribution in [1.82, 2.24) is 20.2 Å². The van der Waals surface area contributed by atoms with Gasteiger partial charge in [0.05, 0.1) is 0 Å². The van der Waals surface area contributed by atoms with Crippen LogP contribution in [-0.2, 0) is 7.05 Å². The van der Waals surface area contributed by atoms with Crippen LogP contribution in [-0.4, -0.2) is 38.6 Å².